The van der Waals surface area contributed by atoms with Gasteiger partial charge in [-0.15, -0.1) is 11.8 Å². The van der Waals surface area contributed by atoms with Gasteiger partial charge in [0, 0.05) is 11.9 Å². The van der Waals surface area contributed by atoms with Crippen molar-refractivity contribution in [3.05, 3.63) is 23.9 Å². The smallest absolute Gasteiger partial charge is 0.417 e. The van der Waals surface area contributed by atoms with Gasteiger partial charge in [-0.3, -0.25) is 0 Å². The van der Waals surface area contributed by atoms with E-state index in [1.807, 2.05) is 0 Å². The highest BCUT2D eigenvalue weighted by molar-refractivity contribution is 7.99. The maximum Gasteiger partial charge on any atom is 0.417 e. The molecule has 0 aliphatic carbocycles. The van der Waals surface area contributed by atoms with Crippen LogP contribution in [0.3, 0.4) is 0 Å². The topological polar surface area (TPSA) is 59.4 Å². The van der Waals surface area contributed by atoms with Crippen molar-refractivity contribution >= 4 is 17.7 Å². The minimum atomic E-state index is -4.44. The van der Waals surface area contributed by atoms with Crippen molar-refractivity contribution in [3.8, 4) is 0 Å². The minimum Gasteiger partial charge on any atom is -0.467 e. The van der Waals surface area contributed by atoms with Crippen molar-refractivity contribution in [2.75, 3.05) is 12.9 Å². The Bertz CT molecular complexity index is 445. The van der Waals surface area contributed by atoms with Crippen LogP contribution in [0.1, 0.15) is 12.5 Å². The van der Waals surface area contributed by atoms with E-state index in [1.54, 1.807) is 0 Å². The molecule has 1 unspecified atom stereocenters. The SMILES string of the molecule is COC(=O)C(C)(O)CSc1ccc(C(F)(F)F)cn1. The summed E-state index contributed by atoms with van der Waals surface area (Å²) in [5.41, 5.74) is -2.57. The number of hydrogen-bond acceptors (Lipinski definition) is 5. The lowest BCUT2D eigenvalue weighted by Gasteiger charge is -2.19. The van der Waals surface area contributed by atoms with Gasteiger partial charge in [0.05, 0.1) is 17.7 Å². The lowest BCUT2D eigenvalue weighted by Crippen LogP contribution is -2.38. The number of thioether (sulfide) groups is 1. The molecule has 0 aliphatic heterocycles. The third-order valence-corrected chi connectivity index (χ3v) is 3.43. The number of alkyl halides is 3. The zero-order valence-electron chi connectivity index (χ0n) is 10.2. The van der Waals surface area contributed by atoms with Crippen molar-refractivity contribution in [1.29, 1.82) is 0 Å². The van der Waals surface area contributed by atoms with E-state index in [0.717, 1.165) is 24.9 Å². The molecule has 1 rings (SSSR count). The fraction of sp³-hybridized carbons (Fsp3) is 0.455. The van der Waals surface area contributed by atoms with Crippen molar-refractivity contribution in [2.24, 2.45) is 0 Å². The number of hydrogen-bond donors (Lipinski definition) is 1. The Kier molecular flexibility index (Phi) is 4.81. The van der Waals surface area contributed by atoms with Crippen LogP contribution in [0.2, 0.25) is 0 Å². The maximum atomic E-state index is 12.3. The second-order valence-corrected chi connectivity index (χ2v) is 4.93. The molecule has 1 aromatic heterocycles. The molecule has 19 heavy (non-hydrogen) atoms. The van der Waals surface area contributed by atoms with Crippen LogP contribution in [0.5, 0.6) is 0 Å². The molecular formula is C11H12F3NO3S. The van der Waals surface area contributed by atoms with Gasteiger partial charge in [-0.05, 0) is 19.1 Å². The van der Waals surface area contributed by atoms with Gasteiger partial charge < -0.3 is 9.84 Å². The van der Waals surface area contributed by atoms with Gasteiger partial charge in [0.1, 0.15) is 0 Å². The monoisotopic (exact) mass is 295 g/mol. The van der Waals surface area contributed by atoms with Gasteiger partial charge in [0.25, 0.3) is 0 Å². The Morgan fingerprint density at radius 3 is 2.53 bits per heavy atom. The Morgan fingerprint density at radius 2 is 2.11 bits per heavy atom. The van der Waals surface area contributed by atoms with E-state index in [1.165, 1.54) is 13.0 Å². The second-order valence-electron chi connectivity index (χ2n) is 3.94. The van der Waals surface area contributed by atoms with E-state index in [9.17, 15) is 23.1 Å². The van der Waals surface area contributed by atoms with Gasteiger partial charge in [-0.1, -0.05) is 0 Å². The molecule has 0 saturated carbocycles. The highest BCUT2D eigenvalue weighted by atomic mass is 32.2. The average Bonchev–Trinajstić information content (AvgIpc) is 2.35. The van der Waals surface area contributed by atoms with Gasteiger partial charge >= 0.3 is 12.1 Å². The summed E-state index contributed by atoms with van der Waals surface area (Å²) in [5, 5.41) is 10.0. The highest BCUT2D eigenvalue weighted by Gasteiger charge is 2.32. The normalized spacial score (nSPS) is 14.8. The standard InChI is InChI=1S/C11H12F3NO3S/c1-10(17,9(16)18-2)6-19-8-4-3-7(5-15-8)11(12,13)14/h3-5,17H,6H2,1-2H3. The first kappa shape index (κ1) is 15.8. The van der Waals surface area contributed by atoms with E-state index in [0.29, 0.717) is 6.20 Å². The van der Waals surface area contributed by atoms with Crippen LogP contribution in [0.4, 0.5) is 13.2 Å². The van der Waals surface area contributed by atoms with Gasteiger partial charge in [0.15, 0.2) is 5.60 Å². The van der Waals surface area contributed by atoms with Crippen LogP contribution in [0.25, 0.3) is 0 Å². The van der Waals surface area contributed by atoms with Crippen LogP contribution in [-0.4, -0.2) is 34.5 Å². The predicted octanol–water partition coefficient (Wildman–Crippen LogP) is 2.12. The fourth-order valence-electron chi connectivity index (χ4n) is 1.13. The Labute approximate surface area is 112 Å². The molecule has 4 nitrogen and oxygen atoms in total. The van der Waals surface area contributed by atoms with Crippen molar-refractivity contribution < 1.29 is 27.8 Å². The molecular weight excluding hydrogens is 283 g/mol. The van der Waals surface area contributed by atoms with E-state index in [2.05, 4.69) is 9.72 Å². The van der Waals surface area contributed by atoms with Crippen molar-refractivity contribution in [3.63, 3.8) is 0 Å². The molecule has 1 N–H and O–H groups in total. The first-order valence-corrected chi connectivity index (χ1v) is 6.12. The number of carbonyl (C=O) groups is 1. The summed E-state index contributed by atoms with van der Waals surface area (Å²) in [6, 6.07) is 2.07. The van der Waals surface area contributed by atoms with Crippen molar-refractivity contribution in [1.82, 2.24) is 4.98 Å². The summed E-state index contributed by atoms with van der Waals surface area (Å²) in [7, 11) is 1.14. The molecule has 0 radical (unpaired) electrons. The highest BCUT2D eigenvalue weighted by Crippen LogP contribution is 2.30. The van der Waals surface area contributed by atoms with E-state index in [4.69, 9.17) is 0 Å². The van der Waals surface area contributed by atoms with Crippen molar-refractivity contribution in [2.45, 2.75) is 23.7 Å². The number of nitrogens with zero attached hydrogens (tertiary/aromatic N) is 1. The van der Waals surface area contributed by atoms with E-state index in [-0.39, 0.29) is 10.8 Å². The maximum absolute atomic E-state index is 12.3. The average molecular weight is 295 g/mol. The molecule has 1 heterocycles. The predicted molar refractivity (Wildman–Crippen MR) is 62.6 cm³/mol. The molecule has 0 amide bonds. The number of ether oxygens (including phenoxy) is 1. The Hall–Kier alpha value is -1.28. The zero-order chi connectivity index (χ0) is 14.7. The number of aromatic nitrogens is 1. The fourth-order valence-corrected chi connectivity index (χ4v) is 1.96. The van der Waals surface area contributed by atoms with Gasteiger partial charge in [0.2, 0.25) is 0 Å². The summed E-state index contributed by atoms with van der Waals surface area (Å²) < 4.78 is 41.3. The quantitative estimate of drug-likeness (QED) is 0.681. The molecule has 0 saturated heterocycles. The second kappa shape index (κ2) is 5.79. The number of aliphatic hydroxyl groups is 1. The number of carbonyl (C=O) groups excluding carboxylic acids is 1. The lowest BCUT2D eigenvalue weighted by molar-refractivity contribution is -0.158. The molecule has 0 aromatic carbocycles. The van der Waals surface area contributed by atoms with E-state index < -0.39 is 23.3 Å². The summed E-state index contributed by atoms with van der Waals surface area (Å²) >= 11 is 0.961. The number of rotatable bonds is 4. The van der Waals surface area contributed by atoms with Crippen LogP contribution in [0, 0.1) is 0 Å². The first-order valence-electron chi connectivity index (χ1n) is 5.13. The molecule has 8 heteroatoms. The number of esters is 1. The zero-order valence-corrected chi connectivity index (χ0v) is 11.0. The number of methoxy groups -OCH3 is 1. The van der Waals surface area contributed by atoms with Crippen LogP contribution in [-0.2, 0) is 15.7 Å². The molecule has 1 aromatic rings. The minimum absolute atomic E-state index is 0.0714. The molecule has 1 atom stereocenters. The van der Waals surface area contributed by atoms with Gasteiger partial charge in [-0.25, -0.2) is 9.78 Å². The summed E-state index contributed by atoms with van der Waals surface area (Å²) in [6.45, 7) is 1.26. The molecule has 0 aliphatic rings. The largest absolute Gasteiger partial charge is 0.467 e. The Balaban J connectivity index is 2.67. The Morgan fingerprint density at radius 1 is 1.47 bits per heavy atom. The summed E-state index contributed by atoms with van der Waals surface area (Å²) in [5.74, 6) is -0.884. The summed E-state index contributed by atoms with van der Waals surface area (Å²) in [4.78, 5) is 14.8. The molecule has 0 fully saturated rings. The van der Waals surface area contributed by atoms with Crippen LogP contribution >= 0.6 is 11.8 Å². The van der Waals surface area contributed by atoms with E-state index >= 15 is 0 Å². The summed E-state index contributed by atoms with van der Waals surface area (Å²) in [6.07, 6.45) is -3.73. The third-order valence-electron chi connectivity index (χ3n) is 2.19. The molecule has 0 bridgehead atoms. The lowest BCUT2D eigenvalue weighted by atomic mass is 10.1. The van der Waals surface area contributed by atoms with Crippen LogP contribution in [0.15, 0.2) is 23.4 Å². The first-order chi connectivity index (χ1) is 8.66. The van der Waals surface area contributed by atoms with Crippen LogP contribution < -0.4 is 0 Å². The molecule has 106 valence electrons. The molecule has 0 spiro atoms. The number of pyridine rings is 1. The third kappa shape index (κ3) is 4.39. The number of halogens is 3. The van der Waals surface area contributed by atoms with Gasteiger partial charge in [-0.2, -0.15) is 13.2 Å².